The van der Waals surface area contributed by atoms with E-state index in [0.29, 0.717) is 23.8 Å². The van der Waals surface area contributed by atoms with Gasteiger partial charge in [-0.2, -0.15) is 0 Å². The summed E-state index contributed by atoms with van der Waals surface area (Å²) in [5.74, 6) is -5.53. The van der Waals surface area contributed by atoms with Crippen molar-refractivity contribution in [2.45, 2.75) is 146 Å². The van der Waals surface area contributed by atoms with Crippen LogP contribution in [-0.4, -0.2) is 116 Å². The summed E-state index contributed by atoms with van der Waals surface area (Å²) in [6, 6.07) is 6.68. The highest BCUT2D eigenvalue weighted by molar-refractivity contribution is 6.02. The van der Waals surface area contributed by atoms with E-state index in [1.807, 2.05) is 37.3 Å². The molecule has 7 fully saturated rings. The average Bonchev–Trinajstić information content (AvgIpc) is 3.92. The zero-order valence-corrected chi connectivity index (χ0v) is 39.4. The van der Waals surface area contributed by atoms with Gasteiger partial charge in [-0.3, -0.25) is 38.4 Å². The highest BCUT2D eigenvalue weighted by Crippen LogP contribution is 2.70. The molecule has 10 atom stereocenters. The number of hydrogen-bond donors (Lipinski definition) is 6. The topological polar surface area (TPSA) is 281 Å². The smallest absolute Gasteiger partial charge is 0.333 e. The normalized spacial score (nSPS) is 36.1. The van der Waals surface area contributed by atoms with E-state index < -0.39 is 114 Å². The number of carbonyl (C=O) groups excluding carboxylic acids is 8. The first-order valence-electron chi connectivity index (χ1n) is 24.6. The van der Waals surface area contributed by atoms with E-state index in [-0.39, 0.29) is 60.7 Å². The molecule has 8 aliphatic rings. The van der Waals surface area contributed by atoms with Crippen molar-refractivity contribution in [3.05, 3.63) is 59.2 Å². The third-order valence-corrected chi connectivity index (χ3v) is 17.2. The highest BCUT2D eigenvalue weighted by atomic mass is 16.7. The molecule has 1 aromatic rings. The number of fused-ring (bicyclic) bond motifs is 7. The first kappa shape index (κ1) is 49.4. The lowest BCUT2D eigenvalue weighted by atomic mass is 9.46. The van der Waals surface area contributed by atoms with Gasteiger partial charge in [-0.1, -0.05) is 49.8 Å². The molecule has 70 heavy (non-hydrogen) atoms. The van der Waals surface area contributed by atoms with E-state index in [9.17, 15) is 58.5 Å². The summed E-state index contributed by atoms with van der Waals surface area (Å²) in [4.78, 5) is 116. The van der Waals surface area contributed by atoms with Gasteiger partial charge in [0, 0.05) is 54.0 Å². The van der Waals surface area contributed by atoms with Crippen LogP contribution in [0.15, 0.2) is 48.1 Å². The van der Waals surface area contributed by atoms with Crippen molar-refractivity contribution >= 4 is 53.0 Å². The predicted octanol–water partition coefficient (Wildman–Crippen LogP) is 2.36. The van der Waals surface area contributed by atoms with Crippen molar-refractivity contribution in [2.75, 3.05) is 13.2 Å². The number of aliphatic carboxylic acids is 1. The number of nitrogens with zero attached hydrogens (tertiary/aromatic N) is 1. The van der Waals surface area contributed by atoms with Crippen LogP contribution in [0, 0.1) is 39.9 Å². The molecule has 2 heterocycles. The van der Waals surface area contributed by atoms with Crippen molar-refractivity contribution < 1.29 is 72.8 Å². The van der Waals surface area contributed by atoms with Crippen molar-refractivity contribution in [1.29, 1.82) is 0 Å². The molecule has 2 aliphatic heterocycles. The second-order valence-electron chi connectivity index (χ2n) is 21.5. The molecule has 19 heteroatoms. The lowest BCUT2D eigenvalue weighted by molar-refractivity contribution is -0.201. The Morgan fingerprint density at radius 1 is 0.914 bits per heavy atom. The van der Waals surface area contributed by atoms with Gasteiger partial charge < -0.3 is 45.6 Å². The Hall–Kier alpha value is -5.63. The van der Waals surface area contributed by atoms with Crippen LogP contribution < -0.4 is 16.0 Å². The molecule has 6 aliphatic carbocycles. The third kappa shape index (κ3) is 8.91. The first-order chi connectivity index (χ1) is 33.3. The lowest BCUT2D eigenvalue weighted by Gasteiger charge is -2.59. The predicted molar refractivity (Wildman–Crippen MR) is 242 cm³/mol. The van der Waals surface area contributed by atoms with Crippen LogP contribution in [0.25, 0.3) is 0 Å². The largest absolute Gasteiger partial charge is 0.481 e. The standard InChI is InChI=1S/C51H62N4O15/c1-48-16-15-32(57)18-30(48)7-8-33-34-19-38-51(37(59)26-56,49(34,2)24-36(58)45(33)48)69-47(68-38)29-5-3-27(4-6-29)17-28-20-50(21-28)22-31(23-50)53-46(67)35(9-13-43(64)65)54-40(61)25-52-39(60)10-14-44(66)70-55-41(62)11-12-42(55)63/h3-6,15-16,18,28,31,33-36,38,45,47,56,58H,7-14,17,19-26H2,1-2H3,(H,52,60)(H,53,67)(H,54,61)(H,64,65)/t28?,31?,33-,34-,35-,36-,38+,45+,47+,48-,49-,50?,51+/m0/s1. The summed E-state index contributed by atoms with van der Waals surface area (Å²) in [6.07, 6.45) is 8.12. The number of ketones is 2. The molecule has 5 amide bonds. The fourth-order valence-corrected chi connectivity index (χ4v) is 14.1. The van der Waals surface area contributed by atoms with Gasteiger partial charge >= 0.3 is 11.9 Å². The number of carbonyl (C=O) groups is 9. The second-order valence-corrected chi connectivity index (χ2v) is 21.5. The number of aliphatic hydroxyl groups is 2. The van der Waals surface area contributed by atoms with E-state index in [4.69, 9.17) is 14.3 Å². The number of rotatable bonds is 17. The van der Waals surface area contributed by atoms with Crippen LogP contribution >= 0.6 is 0 Å². The number of amides is 5. The monoisotopic (exact) mass is 970 g/mol. The van der Waals surface area contributed by atoms with Crippen LogP contribution in [0.4, 0.5) is 0 Å². The molecule has 2 saturated heterocycles. The van der Waals surface area contributed by atoms with Crippen LogP contribution in [0.3, 0.4) is 0 Å². The Balaban J connectivity index is 0.731. The summed E-state index contributed by atoms with van der Waals surface area (Å²) in [6.45, 7) is 2.87. The van der Waals surface area contributed by atoms with Crippen LogP contribution in [-0.2, 0) is 63.9 Å². The number of ether oxygens (including phenoxy) is 2. The molecule has 5 saturated carbocycles. The molecule has 376 valence electrons. The minimum atomic E-state index is -1.43. The van der Waals surface area contributed by atoms with Crippen LogP contribution in [0.2, 0.25) is 0 Å². The van der Waals surface area contributed by atoms with Crippen LogP contribution in [0.5, 0.6) is 0 Å². The number of Topliss-reactive ketones (excluding diaryl/α,β-unsaturated/α-hetero) is 1. The number of hydroxylamine groups is 2. The van der Waals surface area contributed by atoms with Crippen LogP contribution in [0.1, 0.15) is 121 Å². The Kier molecular flexibility index (Phi) is 13.3. The summed E-state index contributed by atoms with van der Waals surface area (Å²) in [5, 5.41) is 39.7. The quantitative estimate of drug-likeness (QED) is 0.122. The van der Waals surface area contributed by atoms with Gasteiger partial charge in [0.25, 0.3) is 11.8 Å². The Bertz CT molecular complexity index is 2410. The van der Waals surface area contributed by atoms with Gasteiger partial charge in [-0.15, -0.1) is 5.06 Å². The summed E-state index contributed by atoms with van der Waals surface area (Å²) < 4.78 is 13.4. The number of hydrogen-bond acceptors (Lipinski definition) is 14. The Morgan fingerprint density at radius 2 is 1.63 bits per heavy atom. The SMILES string of the molecule is C[C@]12C=CC(=O)C=C1CC[C@@H]1[C@@H]2[C@@H](O)C[C@@]2(C)[C@H]1C[C@H]1O[C@@H](c3ccc(CC4CC5(C4)CC(NC(=O)[C@H](CCC(=O)O)NC(=O)CNC(=O)CCC(=O)ON4C(=O)CCC4=O)C5)cc3)O[C@]12C(=O)CO. The van der Waals surface area contributed by atoms with E-state index in [1.54, 1.807) is 12.2 Å². The zero-order valence-electron chi connectivity index (χ0n) is 39.4. The van der Waals surface area contributed by atoms with Gasteiger partial charge in [0.15, 0.2) is 23.5 Å². The highest BCUT2D eigenvalue weighted by Gasteiger charge is 2.76. The van der Waals surface area contributed by atoms with E-state index in [1.165, 1.54) is 0 Å². The number of nitrogens with one attached hydrogen (secondary N) is 3. The molecule has 6 N–H and O–H groups in total. The lowest BCUT2D eigenvalue weighted by Crippen LogP contribution is -2.63. The minimum absolute atomic E-state index is 0.00427. The van der Waals surface area contributed by atoms with Gasteiger partial charge in [0.2, 0.25) is 17.7 Å². The van der Waals surface area contributed by atoms with E-state index in [0.717, 1.165) is 61.6 Å². The Labute approximate surface area is 404 Å². The second kappa shape index (κ2) is 18.8. The molecule has 1 aromatic carbocycles. The molecule has 1 spiro atoms. The van der Waals surface area contributed by atoms with Crippen molar-refractivity contribution in [3.8, 4) is 0 Å². The minimum Gasteiger partial charge on any atom is -0.481 e. The fraction of sp³-hybridized carbons (Fsp3) is 0.627. The van der Waals surface area contributed by atoms with Crippen molar-refractivity contribution in [3.63, 3.8) is 0 Å². The number of imide groups is 1. The average molecular weight is 971 g/mol. The molecular formula is C51H62N4O15. The molecule has 0 aromatic heterocycles. The summed E-state index contributed by atoms with van der Waals surface area (Å²) in [7, 11) is 0. The number of aliphatic hydroxyl groups excluding tert-OH is 2. The van der Waals surface area contributed by atoms with Crippen molar-refractivity contribution in [2.24, 2.45) is 39.9 Å². The number of allylic oxidation sites excluding steroid dienone is 4. The summed E-state index contributed by atoms with van der Waals surface area (Å²) in [5.41, 5.74) is 0.313. The molecule has 0 bridgehead atoms. The maximum Gasteiger partial charge on any atom is 0.333 e. The van der Waals surface area contributed by atoms with Gasteiger partial charge in [-0.05, 0) is 105 Å². The molecule has 19 nitrogen and oxygen atoms in total. The summed E-state index contributed by atoms with van der Waals surface area (Å²) >= 11 is 0. The third-order valence-electron chi connectivity index (χ3n) is 17.2. The maximum absolute atomic E-state index is 14.0. The first-order valence-corrected chi connectivity index (χ1v) is 24.6. The van der Waals surface area contributed by atoms with Gasteiger partial charge in [0.1, 0.15) is 12.6 Å². The van der Waals surface area contributed by atoms with E-state index in [2.05, 4.69) is 22.9 Å². The number of benzene rings is 1. The zero-order chi connectivity index (χ0) is 49.9. The fourth-order valence-electron chi connectivity index (χ4n) is 14.1. The molecule has 9 rings (SSSR count). The number of carboxylic acid groups (broad SMARTS) is 1. The van der Waals surface area contributed by atoms with Gasteiger partial charge in [0.05, 0.1) is 25.2 Å². The van der Waals surface area contributed by atoms with E-state index >= 15 is 0 Å². The number of carboxylic acids is 1. The molecule has 0 unspecified atom stereocenters. The molecular weight excluding hydrogens is 909 g/mol. The van der Waals surface area contributed by atoms with Crippen molar-refractivity contribution in [1.82, 2.24) is 21.0 Å². The Morgan fingerprint density at radius 3 is 2.31 bits per heavy atom. The molecule has 0 radical (unpaired) electrons. The maximum atomic E-state index is 14.0. The van der Waals surface area contributed by atoms with Gasteiger partial charge in [-0.25, -0.2) is 4.79 Å².